The van der Waals surface area contributed by atoms with Crippen molar-refractivity contribution in [3.05, 3.63) is 60.0 Å². The third-order valence-corrected chi connectivity index (χ3v) is 6.90. The molecule has 15 heteroatoms. The van der Waals surface area contributed by atoms with Gasteiger partial charge in [-0.1, -0.05) is 30.3 Å². The van der Waals surface area contributed by atoms with Crippen LogP contribution >= 0.6 is 7.82 Å². The van der Waals surface area contributed by atoms with Gasteiger partial charge >= 0.3 is 7.82 Å². The van der Waals surface area contributed by atoms with Crippen LogP contribution in [0.5, 0.6) is 0 Å². The Bertz CT molecular complexity index is 1260. The van der Waals surface area contributed by atoms with Gasteiger partial charge in [-0.25, -0.2) is 14.1 Å². The van der Waals surface area contributed by atoms with Crippen molar-refractivity contribution in [2.75, 3.05) is 25.6 Å². The Balaban J connectivity index is 1.38. The fourth-order valence-electron chi connectivity index (χ4n) is 3.96. The van der Waals surface area contributed by atoms with Gasteiger partial charge in [0.15, 0.2) is 11.4 Å². The van der Waals surface area contributed by atoms with Gasteiger partial charge in [0.05, 0.1) is 32.1 Å². The van der Waals surface area contributed by atoms with E-state index in [4.69, 9.17) is 29.7 Å². The number of phosphoric ester groups is 1. The van der Waals surface area contributed by atoms with E-state index in [1.165, 1.54) is 16.9 Å². The maximum atomic E-state index is 12.4. The summed E-state index contributed by atoms with van der Waals surface area (Å²) < 4.78 is 35.0. The Kier molecular flexibility index (Phi) is 8.33. The van der Waals surface area contributed by atoms with Crippen LogP contribution in [-0.2, 0) is 35.3 Å². The topological polar surface area (TPSA) is 215 Å². The lowest BCUT2D eigenvalue weighted by atomic mass is 9.92. The summed E-state index contributed by atoms with van der Waals surface area (Å²) in [7, 11) is -4.67. The van der Waals surface area contributed by atoms with E-state index in [-0.39, 0.29) is 18.1 Å². The Labute approximate surface area is 211 Å². The molecule has 2 aromatic heterocycles. The van der Waals surface area contributed by atoms with E-state index in [1.54, 1.807) is 6.07 Å². The lowest BCUT2D eigenvalue weighted by Gasteiger charge is -2.27. The molecule has 1 fully saturated rings. The smallest absolute Gasteiger partial charge is 0.394 e. The van der Waals surface area contributed by atoms with Crippen molar-refractivity contribution in [1.29, 1.82) is 5.41 Å². The largest absolute Gasteiger partial charge is 0.472 e. The lowest BCUT2D eigenvalue weighted by molar-refractivity contribution is -0.0582. The lowest BCUT2D eigenvalue weighted by Crippen LogP contribution is -2.43. The number of aromatic nitrogens is 3. The molecule has 1 aromatic carbocycles. The second-order valence-corrected chi connectivity index (χ2v) is 9.80. The zero-order valence-electron chi connectivity index (χ0n) is 19.5. The molecule has 0 bridgehead atoms. The summed E-state index contributed by atoms with van der Waals surface area (Å²) in [5, 5.41) is 42.9. The molecular weight excluding hydrogens is 509 g/mol. The molecule has 37 heavy (non-hydrogen) atoms. The Morgan fingerprint density at radius 1 is 1.24 bits per heavy atom. The fourth-order valence-corrected chi connectivity index (χ4v) is 4.72. The van der Waals surface area contributed by atoms with E-state index in [0.717, 1.165) is 11.8 Å². The van der Waals surface area contributed by atoms with Gasteiger partial charge in [0, 0.05) is 6.21 Å². The number of aliphatic hydroxyl groups excluding tert-OH is 3. The number of aliphatic hydroxyl groups is 3. The van der Waals surface area contributed by atoms with Crippen LogP contribution in [-0.4, -0.2) is 85.3 Å². The van der Waals surface area contributed by atoms with Crippen LogP contribution in [0, 0.1) is 5.41 Å². The van der Waals surface area contributed by atoms with E-state index in [1.807, 2.05) is 30.3 Å². The second-order valence-electron chi connectivity index (χ2n) is 8.35. The monoisotopic (exact) mass is 537 g/mol. The maximum Gasteiger partial charge on any atom is 0.472 e. The molecule has 0 amide bonds. The highest BCUT2D eigenvalue weighted by atomic mass is 31.2. The van der Waals surface area contributed by atoms with Crippen molar-refractivity contribution >= 4 is 25.4 Å². The Morgan fingerprint density at radius 3 is 2.70 bits per heavy atom. The van der Waals surface area contributed by atoms with Crippen molar-refractivity contribution in [3.63, 3.8) is 0 Å². The van der Waals surface area contributed by atoms with E-state index in [2.05, 4.69) is 10.1 Å². The number of phosphoric acid groups is 1. The van der Waals surface area contributed by atoms with Gasteiger partial charge in [0.25, 0.3) is 0 Å². The third-order valence-electron chi connectivity index (χ3n) is 5.94. The summed E-state index contributed by atoms with van der Waals surface area (Å²) in [6.07, 6.45) is -3.46. The Hall–Kier alpha value is -2.78. The van der Waals surface area contributed by atoms with Gasteiger partial charge < -0.3 is 40.8 Å². The minimum absolute atomic E-state index is 0.154. The normalized spacial score (nSPS) is 26.2. The summed E-state index contributed by atoms with van der Waals surface area (Å²) >= 11 is 0. The number of nitrogens with zero attached hydrogens (tertiary/aromatic N) is 3. The summed E-state index contributed by atoms with van der Waals surface area (Å²) in [6.45, 7) is -1.42. The van der Waals surface area contributed by atoms with Crippen LogP contribution in [0.15, 0.2) is 48.8 Å². The average molecular weight is 537 g/mol. The zero-order valence-corrected chi connectivity index (χ0v) is 20.4. The summed E-state index contributed by atoms with van der Waals surface area (Å²) in [5.74, 6) is 0.154. The molecule has 3 heterocycles. The average Bonchev–Trinajstić information content (AvgIpc) is 3.44. The molecular formula is C22H28N5O9P. The van der Waals surface area contributed by atoms with Crippen LogP contribution in [0.2, 0.25) is 0 Å². The number of hydrogen-bond donors (Lipinski definition) is 6. The predicted molar refractivity (Wildman–Crippen MR) is 129 cm³/mol. The number of fused-ring (bicyclic) bond motifs is 1. The first-order valence-electron chi connectivity index (χ1n) is 11.2. The molecule has 4 rings (SSSR count). The number of nitrogen functional groups attached to an aromatic ring is 1. The molecule has 6 atom stereocenters. The van der Waals surface area contributed by atoms with E-state index in [9.17, 15) is 24.8 Å². The molecule has 7 N–H and O–H groups in total. The highest BCUT2D eigenvalue weighted by Gasteiger charge is 2.56. The van der Waals surface area contributed by atoms with Gasteiger partial charge in [-0.05, 0) is 17.7 Å². The molecule has 1 saturated heterocycles. The number of nitrogens with one attached hydrogen (secondary N) is 1. The second kappa shape index (κ2) is 11.3. The molecule has 1 aliphatic rings. The minimum atomic E-state index is -4.67. The number of ether oxygens (including phenoxy) is 2. The van der Waals surface area contributed by atoms with E-state index >= 15 is 0 Å². The maximum absolute atomic E-state index is 12.4. The van der Waals surface area contributed by atoms with Crippen LogP contribution in [0.25, 0.3) is 5.52 Å². The van der Waals surface area contributed by atoms with Crippen molar-refractivity contribution < 1.29 is 43.3 Å². The number of nitrogens with two attached hydrogens (primary N) is 1. The highest BCUT2D eigenvalue weighted by Crippen LogP contribution is 2.46. The SMILES string of the molecule is N=C[C@@]1(c2ccc3c(N)ncnn23)O[C@H](COP(=O)(O)OC[C@@H](CO)OCc2ccccc2)C(O)C1O. The quantitative estimate of drug-likeness (QED) is 0.133. The molecule has 0 aliphatic carbocycles. The first kappa shape index (κ1) is 27.3. The van der Waals surface area contributed by atoms with E-state index in [0.29, 0.717) is 5.52 Å². The highest BCUT2D eigenvalue weighted by molar-refractivity contribution is 7.47. The molecule has 3 aromatic rings. The molecule has 1 aliphatic heterocycles. The van der Waals surface area contributed by atoms with Crippen molar-refractivity contribution in [2.24, 2.45) is 0 Å². The number of hydrogen-bond acceptors (Lipinski definition) is 12. The third kappa shape index (κ3) is 5.72. The van der Waals surface area contributed by atoms with Crippen LogP contribution in [0.1, 0.15) is 11.3 Å². The van der Waals surface area contributed by atoms with Crippen LogP contribution in [0.3, 0.4) is 0 Å². The molecule has 0 spiro atoms. The predicted octanol–water partition coefficient (Wildman–Crippen LogP) is -0.0117. The standard InChI is InChI=1S/C22H28N5O9P/c23-12-22(18-7-6-16-21(24)25-13-26-27(16)18)20(30)19(29)17(36-22)11-35-37(31,32)34-10-15(8-28)33-9-14-4-2-1-3-5-14/h1-7,12-13,15,17,19-20,23,28-30H,8-11H2,(H,31,32)(H2,24,25,26)/t15-,17-,19?,20?,22+/m1/s1. The summed E-state index contributed by atoms with van der Waals surface area (Å²) in [4.78, 5) is 14.0. The Morgan fingerprint density at radius 2 is 2.00 bits per heavy atom. The fraction of sp³-hybridized carbons (Fsp3) is 0.409. The van der Waals surface area contributed by atoms with Crippen molar-refractivity contribution in [3.8, 4) is 0 Å². The first-order valence-corrected chi connectivity index (χ1v) is 12.7. The van der Waals surface area contributed by atoms with Gasteiger partial charge in [-0.2, -0.15) is 5.10 Å². The number of benzene rings is 1. The minimum Gasteiger partial charge on any atom is -0.394 e. The van der Waals surface area contributed by atoms with E-state index < -0.39 is 57.7 Å². The molecule has 200 valence electrons. The van der Waals surface area contributed by atoms with Gasteiger partial charge in [0.1, 0.15) is 36.3 Å². The van der Waals surface area contributed by atoms with Crippen molar-refractivity contribution in [1.82, 2.24) is 14.6 Å². The first-order chi connectivity index (χ1) is 17.7. The zero-order chi connectivity index (χ0) is 26.6. The van der Waals surface area contributed by atoms with Gasteiger partial charge in [-0.15, -0.1) is 0 Å². The van der Waals surface area contributed by atoms with Gasteiger partial charge in [-0.3, -0.25) is 9.05 Å². The van der Waals surface area contributed by atoms with Crippen LogP contribution in [0.4, 0.5) is 5.82 Å². The van der Waals surface area contributed by atoms with Crippen LogP contribution < -0.4 is 5.73 Å². The molecule has 14 nitrogen and oxygen atoms in total. The molecule has 0 radical (unpaired) electrons. The number of anilines is 1. The summed E-state index contributed by atoms with van der Waals surface area (Å²) in [6, 6.07) is 12.2. The molecule has 3 unspecified atom stereocenters. The number of rotatable bonds is 12. The van der Waals surface area contributed by atoms with Gasteiger partial charge in [0.2, 0.25) is 0 Å². The molecule has 0 saturated carbocycles. The van der Waals surface area contributed by atoms with Crippen molar-refractivity contribution in [2.45, 2.75) is 36.6 Å². The summed E-state index contributed by atoms with van der Waals surface area (Å²) in [5.41, 5.74) is 5.42.